The number of benzene rings is 2. The summed E-state index contributed by atoms with van der Waals surface area (Å²) in [4.78, 5) is 32.1. The van der Waals surface area contributed by atoms with Gasteiger partial charge < -0.3 is 16.0 Å². The summed E-state index contributed by atoms with van der Waals surface area (Å²) in [5.74, 6) is 0.141. The first-order valence-corrected chi connectivity index (χ1v) is 10.8. The number of aliphatic imine (C=N–C) groups is 1. The summed E-state index contributed by atoms with van der Waals surface area (Å²) in [7, 11) is 0. The van der Waals surface area contributed by atoms with Crippen LogP contribution in [0.3, 0.4) is 0 Å². The highest BCUT2D eigenvalue weighted by Gasteiger charge is 2.21. The molecule has 0 bridgehead atoms. The topological polar surface area (TPSA) is 87.8 Å². The van der Waals surface area contributed by atoms with E-state index in [-0.39, 0.29) is 11.8 Å². The van der Waals surface area contributed by atoms with E-state index in [0.29, 0.717) is 42.2 Å². The lowest BCUT2D eigenvalue weighted by Gasteiger charge is -2.22. The summed E-state index contributed by atoms with van der Waals surface area (Å²) in [6, 6.07) is 12.9. The highest BCUT2D eigenvalue weighted by molar-refractivity contribution is 6.07. The predicted molar refractivity (Wildman–Crippen MR) is 127 cm³/mol. The first kappa shape index (κ1) is 22.3. The van der Waals surface area contributed by atoms with Gasteiger partial charge in [-0.05, 0) is 55.7 Å². The highest BCUT2D eigenvalue weighted by atomic mass is 16.2. The van der Waals surface area contributed by atoms with Crippen LogP contribution in [-0.2, 0) is 4.79 Å². The fourth-order valence-electron chi connectivity index (χ4n) is 3.65. The molecule has 3 N–H and O–H groups in total. The van der Waals surface area contributed by atoms with Crippen molar-refractivity contribution in [1.29, 1.82) is 0 Å². The van der Waals surface area contributed by atoms with Gasteiger partial charge in [0.15, 0.2) is 0 Å². The van der Waals surface area contributed by atoms with Crippen LogP contribution >= 0.6 is 0 Å². The van der Waals surface area contributed by atoms with Gasteiger partial charge in [0.05, 0.1) is 5.69 Å². The third kappa shape index (κ3) is 5.60. The average molecular weight is 419 g/mol. The quantitative estimate of drug-likeness (QED) is 0.685. The normalized spacial score (nSPS) is 12.9. The van der Waals surface area contributed by atoms with Crippen LogP contribution in [0.25, 0.3) is 6.08 Å². The van der Waals surface area contributed by atoms with Crippen molar-refractivity contribution in [2.45, 2.75) is 40.0 Å². The molecule has 0 saturated carbocycles. The smallest absolute Gasteiger partial charge is 0.255 e. The van der Waals surface area contributed by atoms with Crippen molar-refractivity contribution in [3.8, 4) is 0 Å². The first-order valence-electron chi connectivity index (χ1n) is 10.8. The van der Waals surface area contributed by atoms with Gasteiger partial charge in [0.2, 0.25) is 5.91 Å². The van der Waals surface area contributed by atoms with Crippen LogP contribution in [-0.4, -0.2) is 35.6 Å². The zero-order chi connectivity index (χ0) is 22.4. The molecule has 3 rings (SSSR count). The van der Waals surface area contributed by atoms with Crippen LogP contribution in [0.1, 0.15) is 54.6 Å². The molecule has 0 spiro atoms. The van der Waals surface area contributed by atoms with Gasteiger partial charge in [0, 0.05) is 41.9 Å². The van der Waals surface area contributed by atoms with Crippen molar-refractivity contribution in [2.75, 3.05) is 18.4 Å². The lowest BCUT2D eigenvalue weighted by molar-refractivity contribution is -0.127. The Labute approximate surface area is 183 Å². The molecule has 2 aromatic rings. The second-order valence-electron chi connectivity index (χ2n) is 7.84. The molecule has 0 saturated heterocycles. The van der Waals surface area contributed by atoms with Crippen LogP contribution in [0.4, 0.5) is 11.4 Å². The zero-order valence-electron chi connectivity index (χ0n) is 18.4. The molecule has 0 atom stereocenters. The van der Waals surface area contributed by atoms with Gasteiger partial charge in [-0.2, -0.15) is 0 Å². The largest absolute Gasteiger partial charge is 0.387 e. The maximum Gasteiger partial charge on any atom is 0.255 e. The van der Waals surface area contributed by atoms with E-state index in [0.717, 1.165) is 29.7 Å². The summed E-state index contributed by atoms with van der Waals surface area (Å²) in [5, 5.41) is 2.91. The molecule has 0 aromatic heterocycles. The minimum Gasteiger partial charge on any atom is -0.387 e. The molecule has 6 heteroatoms. The number of carbonyl (C=O) groups is 2. The van der Waals surface area contributed by atoms with Crippen molar-refractivity contribution < 1.29 is 9.59 Å². The predicted octanol–water partition coefficient (Wildman–Crippen LogP) is 4.67. The summed E-state index contributed by atoms with van der Waals surface area (Å²) >= 11 is 0. The van der Waals surface area contributed by atoms with Crippen LogP contribution in [0, 0.1) is 6.92 Å². The Hall–Kier alpha value is -3.41. The monoisotopic (exact) mass is 418 g/mol. The maximum absolute atomic E-state index is 13.1. The SMILES string of the molecule is CCCN(CCC)C(=O)C1=Cc2ccc(C(=O)Nc3cccc(C)c3)cc2N=C(N)C1. The van der Waals surface area contributed by atoms with Crippen LogP contribution in [0.2, 0.25) is 0 Å². The lowest BCUT2D eigenvalue weighted by Crippen LogP contribution is -2.34. The fraction of sp³-hybridized carbons (Fsp3) is 0.320. The number of hydrogen-bond donors (Lipinski definition) is 2. The summed E-state index contributed by atoms with van der Waals surface area (Å²) in [6.45, 7) is 7.53. The van der Waals surface area contributed by atoms with Crippen LogP contribution in [0.5, 0.6) is 0 Å². The Kier molecular flexibility index (Phi) is 7.23. The second-order valence-corrected chi connectivity index (χ2v) is 7.84. The Morgan fingerprint density at radius 3 is 2.52 bits per heavy atom. The van der Waals surface area contributed by atoms with Crippen LogP contribution in [0.15, 0.2) is 53.0 Å². The number of nitrogens with zero attached hydrogens (tertiary/aromatic N) is 2. The van der Waals surface area contributed by atoms with E-state index in [1.807, 2.05) is 48.2 Å². The average Bonchev–Trinajstić information content (AvgIpc) is 2.90. The van der Waals surface area contributed by atoms with Crippen molar-refractivity contribution >= 4 is 35.1 Å². The molecular formula is C25H30N4O2. The van der Waals surface area contributed by atoms with E-state index in [9.17, 15) is 9.59 Å². The van der Waals surface area contributed by atoms with Gasteiger partial charge in [-0.3, -0.25) is 9.59 Å². The zero-order valence-corrected chi connectivity index (χ0v) is 18.4. The van der Waals surface area contributed by atoms with Gasteiger partial charge in [-0.15, -0.1) is 0 Å². The molecule has 31 heavy (non-hydrogen) atoms. The van der Waals surface area contributed by atoms with E-state index in [1.165, 1.54) is 0 Å². The van der Waals surface area contributed by atoms with Crippen molar-refractivity contribution in [3.05, 3.63) is 64.7 Å². The number of anilines is 1. The molecule has 1 aliphatic heterocycles. The van der Waals surface area contributed by atoms with Gasteiger partial charge in [-0.25, -0.2) is 4.99 Å². The summed E-state index contributed by atoms with van der Waals surface area (Å²) in [6.07, 6.45) is 3.95. The number of fused-ring (bicyclic) bond motifs is 1. The summed E-state index contributed by atoms with van der Waals surface area (Å²) < 4.78 is 0. The number of hydrogen-bond acceptors (Lipinski definition) is 4. The number of amidine groups is 1. The number of rotatable bonds is 7. The van der Waals surface area contributed by atoms with Gasteiger partial charge >= 0.3 is 0 Å². The number of nitrogens with two attached hydrogens (primary N) is 1. The van der Waals surface area contributed by atoms with E-state index in [1.54, 1.807) is 12.1 Å². The number of aryl methyl sites for hydroxylation is 1. The molecule has 162 valence electrons. The molecule has 2 amide bonds. The molecule has 2 aromatic carbocycles. The minimum atomic E-state index is -0.219. The van der Waals surface area contributed by atoms with E-state index in [4.69, 9.17) is 5.73 Å². The number of nitrogens with one attached hydrogen (secondary N) is 1. The van der Waals surface area contributed by atoms with Crippen molar-refractivity contribution in [1.82, 2.24) is 4.90 Å². The Morgan fingerprint density at radius 2 is 1.84 bits per heavy atom. The number of amides is 2. The van der Waals surface area contributed by atoms with Gasteiger partial charge in [-0.1, -0.05) is 32.0 Å². The molecular weight excluding hydrogens is 388 g/mol. The first-order chi connectivity index (χ1) is 14.9. The van der Waals surface area contributed by atoms with E-state index in [2.05, 4.69) is 24.2 Å². The van der Waals surface area contributed by atoms with Crippen molar-refractivity contribution in [2.24, 2.45) is 10.7 Å². The highest BCUT2D eigenvalue weighted by Crippen LogP contribution is 2.29. The van der Waals surface area contributed by atoms with Gasteiger partial charge in [0.25, 0.3) is 5.91 Å². The molecule has 0 aliphatic carbocycles. The fourth-order valence-corrected chi connectivity index (χ4v) is 3.65. The van der Waals surface area contributed by atoms with Crippen LogP contribution < -0.4 is 11.1 Å². The Bertz CT molecular complexity index is 1030. The molecule has 0 unspecified atom stereocenters. The van der Waals surface area contributed by atoms with Gasteiger partial charge in [0.1, 0.15) is 5.84 Å². The summed E-state index contributed by atoms with van der Waals surface area (Å²) in [5.41, 5.74) is 10.4. The molecule has 0 fully saturated rings. The van der Waals surface area contributed by atoms with E-state index >= 15 is 0 Å². The Morgan fingerprint density at radius 1 is 1.10 bits per heavy atom. The molecule has 0 radical (unpaired) electrons. The maximum atomic E-state index is 13.1. The lowest BCUT2D eigenvalue weighted by atomic mass is 10.0. The molecule has 1 heterocycles. The standard InChI is InChI=1S/C25H30N4O2/c1-4-11-29(12-5-2)25(31)20-14-18-9-10-19(15-22(18)28-23(26)16-20)24(30)27-21-8-6-7-17(3)13-21/h6-10,13-15H,4-5,11-12,16H2,1-3H3,(H2,26,28)(H,27,30). The third-order valence-electron chi connectivity index (χ3n) is 5.08. The second kappa shape index (κ2) is 10.1. The number of carbonyl (C=O) groups excluding carboxylic acids is 2. The van der Waals surface area contributed by atoms with E-state index < -0.39 is 0 Å². The molecule has 6 nitrogen and oxygen atoms in total. The minimum absolute atomic E-state index is 0.00373. The van der Waals surface area contributed by atoms with Crippen molar-refractivity contribution in [3.63, 3.8) is 0 Å². The Balaban J connectivity index is 1.87. The third-order valence-corrected chi connectivity index (χ3v) is 5.08. The molecule has 1 aliphatic rings.